The Morgan fingerprint density at radius 2 is 1.84 bits per heavy atom. The quantitative estimate of drug-likeness (QED) is 0.343. The van der Waals surface area contributed by atoms with E-state index in [0.717, 1.165) is 11.8 Å². The monoisotopic (exact) mass is 521 g/mol. The van der Waals surface area contributed by atoms with Crippen molar-refractivity contribution in [3.8, 4) is 0 Å². The molecule has 137 valence electrons. The van der Waals surface area contributed by atoms with Gasteiger partial charge in [-0.05, 0) is 0 Å². The maximum atomic E-state index is 2.70. The molecule has 2 heteroatoms. The fourth-order valence-electron chi connectivity index (χ4n) is 6.68. The van der Waals surface area contributed by atoms with Gasteiger partial charge in [0.05, 0.1) is 0 Å². The summed E-state index contributed by atoms with van der Waals surface area (Å²) in [7, 11) is -0.446. The van der Waals surface area contributed by atoms with Crippen LogP contribution in [0.2, 0.25) is 25.6 Å². The summed E-state index contributed by atoms with van der Waals surface area (Å²) in [5.74, 6) is 1.60. The van der Waals surface area contributed by atoms with E-state index in [-0.39, 0.29) is 0 Å². The summed E-state index contributed by atoms with van der Waals surface area (Å²) in [4.78, 5) is 0. The van der Waals surface area contributed by atoms with E-state index in [2.05, 4.69) is 68.4 Å². The Balaban J connectivity index is 2.37. The molecular formula is C23H37HfSi. The first-order valence-corrected chi connectivity index (χ1v) is 21.7. The molecule has 3 aliphatic carbocycles. The van der Waals surface area contributed by atoms with Crippen molar-refractivity contribution >= 4 is 13.6 Å². The number of rotatable bonds is 2. The van der Waals surface area contributed by atoms with E-state index in [1.165, 1.54) is 25.7 Å². The van der Waals surface area contributed by atoms with Crippen LogP contribution >= 0.6 is 0 Å². The number of hydrogen-bond acceptors (Lipinski definition) is 0. The molecule has 0 fully saturated rings. The van der Waals surface area contributed by atoms with Crippen molar-refractivity contribution < 1.29 is 21.4 Å². The van der Waals surface area contributed by atoms with Gasteiger partial charge < -0.3 is 0 Å². The summed E-state index contributed by atoms with van der Waals surface area (Å²) in [5, 5.41) is 1.92. The second kappa shape index (κ2) is 6.97. The van der Waals surface area contributed by atoms with E-state index in [1.54, 1.807) is 5.57 Å². The van der Waals surface area contributed by atoms with Gasteiger partial charge >= 0.3 is 166 Å². The molecule has 0 aliphatic heterocycles. The number of allylic oxidation sites excluding steroid dienone is 6. The molecule has 0 heterocycles. The fraction of sp³-hybridized carbons (Fsp3) is 0.696. The van der Waals surface area contributed by atoms with Crippen LogP contribution in [-0.2, 0) is 21.4 Å². The molecule has 3 aliphatic rings. The normalized spacial score (nSPS) is 34.1. The van der Waals surface area contributed by atoms with E-state index in [9.17, 15) is 0 Å². The summed E-state index contributed by atoms with van der Waals surface area (Å²) in [6.45, 7) is 15.5. The SMILES string of the molecule is CC1CCCC2=C(C(=[Si](C)C)C(C)(C)[C]2(C2=CC=CC2)[Hf]([CH3])[CH3])C1C. The summed E-state index contributed by atoms with van der Waals surface area (Å²) in [6, 6.07) is 0. The predicted molar refractivity (Wildman–Crippen MR) is 112 cm³/mol. The average molecular weight is 520 g/mol. The second-order valence-electron chi connectivity index (χ2n) is 9.62. The molecule has 25 heavy (non-hydrogen) atoms. The third-order valence-electron chi connectivity index (χ3n) is 7.51. The molecule has 0 amide bonds. The van der Waals surface area contributed by atoms with Crippen molar-refractivity contribution in [2.75, 3.05) is 0 Å². The molecule has 0 N–H and O–H groups in total. The van der Waals surface area contributed by atoms with E-state index in [1.807, 2.05) is 16.3 Å². The van der Waals surface area contributed by atoms with Gasteiger partial charge in [-0.25, -0.2) is 0 Å². The maximum absolute atomic E-state index is 2.70. The zero-order valence-corrected chi connectivity index (χ0v) is 22.3. The summed E-state index contributed by atoms with van der Waals surface area (Å²) >= 11 is -1.80. The predicted octanol–water partition coefficient (Wildman–Crippen LogP) is 7.05. The van der Waals surface area contributed by atoms with E-state index in [4.69, 9.17) is 0 Å². The Bertz CT molecular complexity index is 685. The summed E-state index contributed by atoms with van der Waals surface area (Å²) < 4.78 is 5.86. The minimum absolute atomic E-state index is 0.351. The van der Waals surface area contributed by atoms with Gasteiger partial charge in [0.15, 0.2) is 0 Å². The van der Waals surface area contributed by atoms with Crippen LogP contribution in [0.4, 0.5) is 0 Å². The van der Waals surface area contributed by atoms with E-state index in [0.29, 0.717) is 8.59 Å². The standard InChI is InChI=1S/C21H31Si.2CH3.Hf/c1-14-10-9-13-17-18(15(14)2)20(22(5)6)21(3,4)19(17)16-11-7-8-12-16;;;/h7-8,11,14-15H,9-10,12-13H2,1-6H3;2*1H3;. The van der Waals surface area contributed by atoms with Crippen molar-refractivity contribution in [3.05, 3.63) is 34.9 Å². The zero-order valence-electron chi connectivity index (χ0n) is 17.7. The Morgan fingerprint density at radius 1 is 1.16 bits per heavy atom. The first kappa shape index (κ1) is 19.9. The Hall–Kier alpha value is 0.177. The van der Waals surface area contributed by atoms with Crippen LogP contribution in [0.15, 0.2) is 34.9 Å². The third kappa shape index (κ3) is 2.72. The van der Waals surface area contributed by atoms with Crippen LogP contribution in [0.3, 0.4) is 0 Å². The van der Waals surface area contributed by atoms with Gasteiger partial charge in [-0.2, -0.15) is 0 Å². The molecule has 3 rings (SSSR count). The zero-order chi connectivity index (χ0) is 18.6. The van der Waals surface area contributed by atoms with Crippen LogP contribution in [0.1, 0.15) is 53.4 Å². The minimum atomic E-state index is -1.80. The molecule has 3 unspecified atom stereocenters. The number of hydrogen-bond donors (Lipinski definition) is 0. The molecule has 0 radical (unpaired) electrons. The molecule has 0 nitrogen and oxygen atoms in total. The Morgan fingerprint density at radius 3 is 2.36 bits per heavy atom. The van der Waals surface area contributed by atoms with Crippen LogP contribution in [0.25, 0.3) is 0 Å². The fourth-order valence-corrected chi connectivity index (χ4v) is 20.5. The van der Waals surface area contributed by atoms with Crippen LogP contribution in [-0.4, -0.2) is 13.6 Å². The molecule has 0 aromatic rings. The first-order valence-electron chi connectivity index (χ1n) is 10.3. The van der Waals surface area contributed by atoms with E-state index < -0.39 is 29.8 Å². The Kier molecular flexibility index (Phi) is 5.55. The van der Waals surface area contributed by atoms with Crippen molar-refractivity contribution in [2.24, 2.45) is 17.3 Å². The molecule has 0 aromatic carbocycles. The topological polar surface area (TPSA) is 0 Å². The van der Waals surface area contributed by atoms with Gasteiger partial charge in [0, 0.05) is 0 Å². The van der Waals surface area contributed by atoms with Crippen LogP contribution < -0.4 is 0 Å². The van der Waals surface area contributed by atoms with Crippen molar-refractivity contribution in [1.29, 1.82) is 0 Å². The van der Waals surface area contributed by atoms with Gasteiger partial charge in [0.25, 0.3) is 0 Å². The van der Waals surface area contributed by atoms with E-state index >= 15 is 0 Å². The molecule has 0 bridgehead atoms. The Labute approximate surface area is 165 Å². The average Bonchev–Trinajstić information content (AvgIpc) is 3.06. The van der Waals surface area contributed by atoms with Gasteiger partial charge in [0.1, 0.15) is 0 Å². The van der Waals surface area contributed by atoms with Crippen LogP contribution in [0.5, 0.6) is 0 Å². The van der Waals surface area contributed by atoms with Gasteiger partial charge in [-0.3, -0.25) is 0 Å². The van der Waals surface area contributed by atoms with Crippen molar-refractivity contribution in [3.63, 3.8) is 0 Å². The van der Waals surface area contributed by atoms with Gasteiger partial charge in [-0.15, -0.1) is 0 Å². The molecular weight excluding hydrogens is 483 g/mol. The van der Waals surface area contributed by atoms with Crippen molar-refractivity contribution in [2.45, 2.75) is 79.0 Å². The molecule has 0 saturated heterocycles. The van der Waals surface area contributed by atoms with Gasteiger partial charge in [-0.1, -0.05) is 0 Å². The molecule has 0 aromatic heterocycles. The molecule has 3 atom stereocenters. The first-order chi connectivity index (χ1) is 11.7. The third-order valence-corrected chi connectivity index (χ3v) is 19.3. The molecule has 0 saturated carbocycles. The van der Waals surface area contributed by atoms with Crippen LogP contribution in [0, 0.1) is 17.3 Å². The summed E-state index contributed by atoms with van der Waals surface area (Å²) in [5.41, 5.74) is 5.97. The summed E-state index contributed by atoms with van der Waals surface area (Å²) in [6.07, 6.45) is 12.7. The molecule has 0 spiro atoms. The second-order valence-corrected chi connectivity index (χ2v) is 22.0. The van der Waals surface area contributed by atoms with Gasteiger partial charge in [0.2, 0.25) is 0 Å². The van der Waals surface area contributed by atoms with Crippen molar-refractivity contribution in [1.82, 2.24) is 0 Å².